The number of hydrogen-bond acceptors (Lipinski definition) is 1. The normalized spacial score (nSPS) is 12.0. The summed E-state index contributed by atoms with van der Waals surface area (Å²) in [4.78, 5) is 0. The van der Waals surface area contributed by atoms with Crippen molar-refractivity contribution in [2.75, 3.05) is 0 Å². The average molecular weight is 130 g/mol. The molecule has 0 aliphatic heterocycles. The van der Waals surface area contributed by atoms with Crippen molar-refractivity contribution in [1.82, 2.24) is 0 Å². The minimum atomic E-state index is -0.366. The van der Waals surface area contributed by atoms with E-state index in [4.69, 9.17) is 0 Å². The Balaban J connectivity index is 3.62. The van der Waals surface area contributed by atoms with Gasteiger partial charge in [-0.2, -0.15) is 0 Å². The number of rotatable bonds is 4. The highest BCUT2D eigenvalue weighted by atomic mass is 16.3. The van der Waals surface area contributed by atoms with E-state index in [2.05, 4.69) is 6.92 Å². The zero-order valence-electron chi connectivity index (χ0n) is 6.78. The van der Waals surface area contributed by atoms with Crippen LogP contribution < -0.4 is 0 Å². The van der Waals surface area contributed by atoms with E-state index in [0.29, 0.717) is 0 Å². The summed E-state index contributed by atoms with van der Waals surface area (Å²) in [5.74, 6) is 0. The summed E-state index contributed by atoms with van der Waals surface area (Å²) in [7, 11) is 0. The van der Waals surface area contributed by atoms with Crippen LogP contribution in [0.3, 0.4) is 0 Å². The molecule has 0 heterocycles. The molecule has 0 atom stereocenters. The van der Waals surface area contributed by atoms with Gasteiger partial charge in [0.25, 0.3) is 0 Å². The fourth-order valence-corrected chi connectivity index (χ4v) is 1.07. The molecule has 0 aliphatic carbocycles. The maximum Gasteiger partial charge on any atom is 0.0642 e. The highest BCUT2D eigenvalue weighted by Gasteiger charge is 2.19. The fourth-order valence-electron chi connectivity index (χ4n) is 1.07. The molecule has 0 aromatic heterocycles. The van der Waals surface area contributed by atoms with Gasteiger partial charge in [-0.1, -0.05) is 27.2 Å². The molecule has 0 spiro atoms. The summed E-state index contributed by atoms with van der Waals surface area (Å²) < 4.78 is 0. The second kappa shape index (κ2) is 3.89. The van der Waals surface area contributed by atoms with E-state index in [-0.39, 0.29) is 5.60 Å². The molecule has 0 unspecified atom stereocenters. The molecule has 0 radical (unpaired) electrons. The van der Waals surface area contributed by atoms with Crippen molar-refractivity contribution < 1.29 is 5.11 Å². The molecule has 0 bridgehead atoms. The maximum absolute atomic E-state index is 9.63. The molecule has 0 amide bonds. The van der Waals surface area contributed by atoms with E-state index >= 15 is 0 Å². The van der Waals surface area contributed by atoms with Crippen LogP contribution in [0.25, 0.3) is 0 Å². The highest BCUT2D eigenvalue weighted by molar-refractivity contribution is 4.73. The van der Waals surface area contributed by atoms with Crippen LogP contribution >= 0.6 is 0 Å². The van der Waals surface area contributed by atoms with Gasteiger partial charge in [0.05, 0.1) is 5.60 Å². The Morgan fingerprint density at radius 1 is 1.11 bits per heavy atom. The zero-order chi connectivity index (χ0) is 7.33. The van der Waals surface area contributed by atoms with Crippen LogP contribution in [0.4, 0.5) is 0 Å². The van der Waals surface area contributed by atoms with E-state index < -0.39 is 0 Å². The van der Waals surface area contributed by atoms with Crippen molar-refractivity contribution in [3.05, 3.63) is 0 Å². The Kier molecular flexibility index (Phi) is 3.87. The summed E-state index contributed by atoms with van der Waals surface area (Å²) in [6.45, 7) is 6.19. The third kappa shape index (κ3) is 2.85. The lowest BCUT2D eigenvalue weighted by molar-refractivity contribution is 0.0230. The molecule has 56 valence electrons. The lowest BCUT2D eigenvalue weighted by atomic mass is 9.92. The third-order valence-electron chi connectivity index (χ3n) is 2.03. The Hall–Kier alpha value is -0.0400. The van der Waals surface area contributed by atoms with Gasteiger partial charge in [0.15, 0.2) is 0 Å². The SMILES string of the molecule is CCCC(O)(CC)CC. The van der Waals surface area contributed by atoms with E-state index in [1.54, 1.807) is 0 Å². The Morgan fingerprint density at radius 2 is 1.56 bits per heavy atom. The molecule has 0 rings (SSSR count). The summed E-state index contributed by atoms with van der Waals surface area (Å²) in [6.07, 6.45) is 3.80. The molecular weight excluding hydrogens is 112 g/mol. The molecule has 1 N–H and O–H groups in total. The van der Waals surface area contributed by atoms with Gasteiger partial charge in [-0.3, -0.25) is 0 Å². The van der Waals surface area contributed by atoms with Gasteiger partial charge in [0, 0.05) is 0 Å². The molecule has 0 saturated carbocycles. The summed E-state index contributed by atoms with van der Waals surface area (Å²) >= 11 is 0. The minimum Gasteiger partial charge on any atom is -0.390 e. The lowest BCUT2D eigenvalue weighted by Crippen LogP contribution is -2.25. The summed E-state index contributed by atoms with van der Waals surface area (Å²) in [6, 6.07) is 0. The van der Waals surface area contributed by atoms with E-state index in [1.165, 1.54) is 0 Å². The average Bonchev–Trinajstić information content (AvgIpc) is 1.89. The van der Waals surface area contributed by atoms with Crippen LogP contribution in [-0.4, -0.2) is 10.7 Å². The van der Waals surface area contributed by atoms with Crippen molar-refractivity contribution in [3.8, 4) is 0 Å². The lowest BCUT2D eigenvalue weighted by Gasteiger charge is -2.23. The van der Waals surface area contributed by atoms with Crippen LogP contribution in [0.15, 0.2) is 0 Å². The second-order valence-electron chi connectivity index (χ2n) is 2.68. The first-order chi connectivity index (χ1) is 4.18. The van der Waals surface area contributed by atoms with Crippen molar-refractivity contribution >= 4 is 0 Å². The Bertz CT molecular complexity index is 65.0. The van der Waals surface area contributed by atoms with Crippen molar-refractivity contribution in [3.63, 3.8) is 0 Å². The number of aliphatic hydroxyl groups is 1. The van der Waals surface area contributed by atoms with Crippen molar-refractivity contribution in [2.45, 2.75) is 52.1 Å². The molecule has 9 heavy (non-hydrogen) atoms. The first kappa shape index (κ1) is 8.96. The molecule has 0 aliphatic rings. The molecule has 1 heteroatoms. The second-order valence-corrected chi connectivity index (χ2v) is 2.68. The van der Waals surface area contributed by atoms with Gasteiger partial charge in [-0.25, -0.2) is 0 Å². The minimum absolute atomic E-state index is 0.366. The largest absolute Gasteiger partial charge is 0.390 e. The topological polar surface area (TPSA) is 20.2 Å². The van der Waals surface area contributed by atoms with Gasteiger partial charge >= 0.3 is 0 Å². The van der Waals surface area contributed by atoms with E-state index in [1.807, 2.05) is 13.8 Å². The standard InChI is InChI=1S/C8H18O/c1-4-7-8(9,5-2)6-3/h9H,4-7H2,1-3H3. The third-order valence-corrected chi connectivity index (χ3v) is 2.03. The fraction of sp³-hybridized carbons (Fsp3) is 1.00. The maximum atomic E-state index is 9.63. The first-order valence-electron chi connectivity index (χ1n) is 3.91. The summed E-state index contributed by atoms with van der Waals surface area (Å²) in [5.41, 5.74) is -0.366. The molecule has 0 fully saturated rings. The van der Waals surface area contributed by atoms with Gasteiger partial charge in [-0.15, -0.1) is 0 Å². The van der Waals surface area contributed by atoms with Crippen LogP contribution in [-0.2, 0) is 0 Å². The van der Waals surface area contributed by atoms with Crippen LogP contribution in [0.1, 0.15) is 46.5 Å². The van der Waals surface area contributed by atoms with Crippen molar-refractivity contribution in [2.24, 2.45) is 0 Å². The molecule has 0 saturated heterocycles. The monoisotopic (exact) mass is 130 g/mol. The zero-order valence-corrected chi connectivity index (χ0v) is 6.78. The number of hydrogen-bond donors (Lipinski definition) is 1. The molecule has 0 aromatic rings. The van der Waals surface area contributed by atoms with Gasteiger partial charge in [0.2, 0.25) is 0 Å². The molecular formula is C8H18O. The predicted molar refractivity (Wildman–Crippen MR) is 40.4 cm³/mol. The van der Waals surface area contributed by atoms with Crippen LogP contribution in [0.2, 0.25) is 0 Å². The van der Waals surface area contributed by atoms with Crippen molar-refractivity contribution in [1.29, 1.82) is 0 Å². The Morgan fingerprint density at radius 3 is 1.67 bits per heavy atom. The smallest absolute Gasteiger partial charge is 0.0642 e. The van der Waals surface area contributed by atoms with Crippen LogP contribution in [0.5, 0.6) is 0 Å². The Labute approximate surface area is 58.1 Å². The summed E-state index contributed by atoms with van der Waals surface area (Å²) in [5, 5.41) is 9.63. The quantitative estimate of drug-likeness (QED) is 0.619. The predicted octanol–water partition coefficient (Wildman–Crippen LogP) is 2.34. The van der Waals surface area contributed by atoms with Gasteiger partial charge in [0.1, 0.15) is 0 Å². The van der Waals surface area contributed by atoms with Gasteiger partial charge < -0.3 is 5.11 Å². The van der Waals surface area contributed by atoms with E-state index in [0.717, 1.165) is 25.7 Å². The molecule has 0 aromatic carbocycles. The highest BCUT2D eigenvalue weighted by Crippen LogP contribution is 2.20. The van der Waals surface area contributed by atoms with Gasteiger partial charge in [-0.05, 0) is 19.3 Å². The van der Waals surface area contributed by atoms with Crippen LogP contribution in [0, 0.1) is 0 Å². The first-order valence-corrected chi connectivity index (χ1v) is 3.91. The molecule has 1 nitrogen and oxygen atoms in total. The van der Waals surface area contributed by atoms with E-state index in [9.17, 15) is 5.11 Å².